The van der Waals surface area contributed by atoms with Gasteiger partial charge in [-0.15, -0.1) is 0 Å². The van der Waals surface area contributed by atoms with Gasteiger partial charge in [-0.3, -0.25) is 9.38 Å². The molecule has 5 heteroatoms. The zero-order chi connectivity index (χ0) is 15.8. The van der Waals surface area contributed by atoms with E-state index in [4.69, 9.17) is 11.6 Å². The molecule has 112 valence electrons. The van der Waals surface area contributed by atoms with Crippen LogP contribution in [0, 0.1) is 0 Å². The van der Waals surface area contributed by atoms with Crippen LogP contribution in [0.4, 0.5) is 0 Å². The molecule has 1 N–H and O–H groups in total. The third kappa shape index (κ3) is 2.53. The summed E-state index contributed by atoms with van der Waals surface area (Å²) < 4.78 is 2.00. The molecule has 0 saturated carbocycles. The van der Waals surface area contributed by atoms with Gasteiger partial charge in [0, 0.05) is 22.3 Å². The molecule has 0 aliphatic rings. The molecule has 0 fully saturated rings. The molecule has 2 heterocycles. The van der Waals surface area contributed by atoms with Crippen molar-refractivity contribution in [3.63, 3.8) is 0 Å². The highest BCUT2D eigenvalue weighted by molar-refractivity contribution is 6.30. The van der Waals surface area contributed by atoms with E-state index in [2.05, 4.69) is 9.97 Å². The van der Waals surface area contributed by atoms with Crippen LogP contribution in [0.25, 0.3) is 28.2 Å². The maximum atomic E-state index is 9.41. The Kier molecular flexibility index (Phi) is 3.24. The van der Waals surface area contributed by atoms with Crippen molar-refractivity contribution < 1.29 is 5.11 Å². The zero-order valence-electron chi connectivity index (χ0n) is 12.0. The molecule has 4 rings (SSSR count). The van der Waals surface area contributed by atoms with Crippen LogP contribution in [-0.4, -0.2) is 19.5 Å². The van der Waals surface area contributed by atoms with E-state index in [-0.39, 0.29) is 5.75 Å². The SMILES string of the molecule is Oc1ccc(-c2cn3c(-c4ccc(Cl)cc4)cnc3cn2)cc1. The zero-order valence-corrected chi connectivity index (χ0v) is 12.8. The molecule has 0 aliphatic heterocycles. The summed E-state index contributed by atoms with van der Waals surface area (Å²) in [4.78, 5) is 8.84. The van der Waals surface area contributed by atoms with Crippen molar-refractivity contribution in [1.82, 2.24) is 14.4 Å². The number of nitrogens with zero attached hydrogens (tertiary/aromatic N) is 3. The predicted octanol–water partition coefficient (Wildman–Crippen LogP) is 4.42. The second kappa shape index (κ2) is 5.41. The predicted molar refractivity (Wildman–Crippen MR) is 90.5 cm³/mol. The number of hydrogen-bond donors (Lipinski definition) is 1. The molecule has 0 saturated heterocycles. The van der Waals surface area contributed by atoms with Gasteiger partial charge < -0.3 is 5.11 Å². The first-order valence-corrected chi connectivity index (χ1v) is 7.47. The summed E-state index contributed by atoms with van der Waals surface area (Å²) in [5, 5.41) is 10.1. The van der Waals surface area contributed by atoms with Gasteiger partial charge in [-0.2, -0.15) is 0 Å². The van der Waals surface area contributed by atoms with Gasteiger partial charge in [-0.25, -0.2) is 4.98 Å². The first-order chi connectivity index (χ1) is 11.2. The standard InChI is InChI=1S/C18H12ClN3O/c19-14-5-1-13(2-6-14)17-9-21-18-10-20-16(11-22(17)18)12-3-7-15(23)8-4-12/h1-11,23H. The van der Waals surface area contributed by atoms with E-state index in [1.54, 1.807) is 18.3 Å². The number of fused-ring (bicyclic) bond motifs is 1. The Labute approximate surface area is 137 Å². The van der Waals surface area contributed by atoms with Crippen molar-refractivity contribution in [2.75, 3.05) is 0 Å². The van der Waals surface area contributed by atoms with Gasteiger partial charge >= 0.3 is 0 Å². The van der Waals surface area contributed by atoms with Crippen molar-refractivity contribution >= 4 is 17.2 Å². The molecule has 23 heavy (non-hydrogen) atoms. The maximum Gasteiger partial charge on any atom is 0.155 e. The van der Waals surface area contributed by atoms with Gasteiger partial charge in [0.2, 0.25) is 0 Å². The summed E-state index contributed by atoms with van der Waals surface area (Å²) in [5.74, 6) is 0.235. The topological polar surface area (TPSA) is 50.4 Å². The molecular weight excluding hydrogens is 310 g/mol. The number of aromatic nitrogens is 3. The molecular formula is C18H12ClN3O. The van der Waals surface area contributed by atoms with Gasteiger partial charge in [0.15, 0.2) is 5.65 Å². The summed E-state index contributed by atoms with van der Waals surface area (Å²) in [6.45, 7) is 0. The molecule has 0 unspecified atom stereocenters. The molecule has 4 nitrogen and oxygen atoms in total. The smallest absolute Gasteiger partial charge is 0.155 e. The van der Waals surface area contributed by atoms with Crippen molar-refractivity contribution in [3.8, 4) is 28.3 Å². The van der Waals surface area contributed by atoms with E-state index < -0.39 is 0 Å². The highest BCUT2D eigenvalue weighted by atomic mass is 35.5. The quantitative estimate of drug-likeness (QED) is 0.594. The highest BCUT2D eigenvalue weighted by Gasteiger charge is 2.08. The summed E-state index contributed by atoms with van der Waals surface area (Å²) in [6, 6.07) is 14.6. The maximum absolute atomic E-state index is 9.41. The lowest BCUT2D eigenvalue weighted by molar-refractivity contribution is 0.475. The number of imidazole rings is 1. The van der Waals surface area contributed by atoms with Crippen LogP contribution >= 0.6 is 11.6 Å². The van der Waals surface area contributed by atoms with Crippen LogP contribution in [0.15, 0.2) is 67.1 Å². The molecule has 0 atom stereocenters. The Morgan fingerprint density at radius 1 is 0.826 bits per heavy atom. The van der Waals surface area contributed by atoms with Crippen LogP contribution in [0.5, 0.6) is 5.75 Å². The lowest BCUT2D eigenvalue weighted by atomic mass is 10.1. The third-order valence-electron chi connectivity index (χ3n) is 3.70. The van der Waals surface area contributed by atoms with E-state index >= 15 is 0 Å². The molecule has 0 spiro atoms. The van der Waals surface area contributed by atoms with Gasteiger partial charge in [-0.1, -0.05) is 23.7 Å². The van der Waals surface area contributed by atoms with Crippen molar-refractivity contribution in [1.29, 1.82) is 0 Å². The number of hydrogen-bond acceptors (Lipinski definition) is 3. The number of phenolic OH excluding ortho intramolecular Hbond substituents is 1. The average Bonchev–Trinajstić information content (AvgIpc) is 2.99. The summed E-state index contributed by atoms with van der Waals surface area (Å²) in [5.41, 5.74) is 4.52. The van der Waals surface area contributed by atoms with E-state index in [9.17, 15) is 5.11 Å². The van der Waals surface area contributed by atoms with E-state index in [0.717, 1.165) is 28.2 Å². The third-order valence-corrected chi connectivity index (χ3v) is 3.95. The first kappa shape index (κ1) is 13.8. The average molecular weight is 322 g/mol. The van der Waals surface area contributed by atoms with Crippen LogP contribution < -0.4 is 0 Å². The number of halogens is 1. The second-order valence-corrected chi connectivity index (χ2v) is 5.63. The van der Waals surface area contributed by atoms with E-state index in [0.29, 0.717) is 5.02 Å². The monoisotopic (exact) mass is 321 g/mol. The number of aromatic hydroxyl groups is 1. The van der Waals surface area contributed by atoms with Crippen LogP contribution in [-0.2, 0) is 0 Å². The number of rotatable bonds is 2. The summed E-state index contributed by atoms with van der Waals surface area (Å²) in [7, 11) is 0. The lowest BCUT2D eigenvalue weighted by Crippen LogP contribution is -1.92. The summed E-state index contributed by atoms with van der Waals surface area (Å²) in [6.07, 6.45) is 5.50. The van der Waals surface area contributed by atoms with E-state index in [1.165, 1.54) is 0 Å². The van der Waals surface area contributed by atoms with Crippen LogP contribution in [0.1, 0.15) is 0 Å². The van der Waals surface area contributed by atoms with E-state index in [1.807, 2.05) is 53.2 Å². The largest absolute Gasteiger partial charge is 0.508 e. The lowest BCUT2D eigenvalue weighted by Gasteiger charge is -2.05. The highest BCUT2D eigenvalue weighted by Crippen LogP contribution is 2.25. The van der Waals surface area contributed by atoms with Crippen molar-refractivity contribution in [2.45, 2.75) is 0 Å². The fourth-order valence-corrected chi connectivity index (χ4v) is 2.63. The second-order valence-electron chi connectivity index (χ2n) is 5.20. The summed E-state index contributed by atoms with van der Waals surface area (Å²) >= 11 is 5.96. The normalized spacial score (nSPS) is 11.0. The minimum Gasteiger partial charge on any atom is -0.508 e. The Bertz CT molecular complexity index is 976. The number of phenols is 1. The fourth-order valence-electron chi connectivity index (χ4n) is 2.50. The molecule has 0 bridgehead atoms. The Balaban J connectivity index is 1.86. The number of benzene rings is 2. The fraction of sp³-hybridized carbons (Fsp3) is 0. The van der Waals surface area contributed by atoms with Crippen molar-refractivity contribution in [3.05, 3.63) is 72.1 Å². The Morgan fingerprint density at radius 2 is 1.52 bits per heavy atom. The van der Waals surface area contributed by atoms with Crippen LogP contribution in [0.2, 0.25) is 5.02 Å². The molecule has 2 aromatic heterocycles. The van der Waals surface area contributed by atoms with Gasteiger partial charge in [0.25, 0.3) is 0 Å². The van der Waals surface area contributed by atoms with Crippen LogP contribution in [0.3, 0.4) is 0 Å². The van der Waals surface area contributed by atoms with Gasteiger partial charge in [0.05, 0.1) is 23.8 Å². The van der Waals surface area contributed by atoms with Gasteiger partial charge in [0.1, 0.15) is 5.75 Å². The Morgan fingerprint density at radius 3 is 2.26 bits per heavy atom. The molecule has 0 radical (unpaired) electrons. The minimum atomic E-state index is 0.235. The first-order valence-electron chi connectivity index (χ1n) is 7.09. The molecule has 0 amide bonds. The molecule has 0 aliphatic carbocycles. The van der Waals surface area contributed by atoms with Gasteiger partial charge in [-0.05, 0) is 36.4 Å². The Hall–Kier alpha value is -2.85. The van der Waals surface area contributed by atoms with Crippen molar-refractivity contribution in [2.24, 2.45) is 0 Å². The minimum absolute atomic E-state index is 0.235. The molecule has 2 aromatic carbocycles. The molecule has 4 aromatic rings.